The molecule has 0 spiro atoms. The van der Waals surface area contributed by atoms with E-state index in [1.165, 1.54) is 5.56 Å². The Bertz CT molecular complexity index is 522. The second-order valence-corrected chi connectivity index (χ2v) is 7.35. The zero-order chi connectivity index (χ0) is 16.3. The van der Waals surface area contributed by atoms with Crippen LogP contribution in [-0.4, -0.2) is 35.2 Å². The van der Waals surface area contributed by atoms with Gasteiger partial charge in [-0.3, -0.25) is 0 Å². The topological polar surface area (TPSA) is 52.6 Å². The van der Waals surface area contributed by atoms with Crippen LogP contribution in [0.15, 0.2) is 24.3 Å². The Morgan fingerprint density at radius 2 is 2.05 bits per heavy atom. The maximum Gasteiger partial charge on any atom is 0.317 e. The molecule has 1 aliphatic heterocycles. The third kappa shape index (κ3) is 4.01. The number of likely N-dealkylation sites (tertiary alicyclic amines) is 1. The molecule has 1 aromatic carbocycles. The molecule has 0 saturated carbocycles. The van der Waals surface area contributed by atoms with Crippen LogP contribution in [0, 0.1) is 12.3 Å². The van der Waals surface area contributed by atoms with Gasteiger partial charge in [0.2, 0.25) is 0 Å². The van der Waals surface area contributed by atoms with Crippen LogP contribution in [-0.2, 0) is 0 Å². The average Bonchev–Trinajstić information content (AvgIpc) is 2.44. The first-order valence-electron chi connectivity index (χ1n) is 8.08. The highest BCUT2D eigenvalue weighted by Crippen LogP contribution is 2.34. The van der Waals surface area contributed by atoms with E-state index in [1.54, 1.807) is 4.90 Å². The molecule has 2 atom stereocenters. The lowest BCUT2D eigenvalue weighted by Crippen LogP contribution is -2.49. The van der Waals surface area contributed by atoms with Crippen molar-refractivity contribution in [3.05, 3.63) is 35.4 Å². The minimum absolute atomic E-state index is 0.0553. The van der Waals surface area contributed by atoms with E-state index in [1.807, 2.05) is 12.1 Å². The van der Waals surface area contributed by atoms with Gasteiger partial charge in [-0.15, -0.1) is 0 Å². The normalized spacial score (nSPS) is 20.6. The van der Waals surface area contributed by atoms with Crippen LogP contribution in [0.5, 0.6) is 0 Å². The maximum atomic E-state index is 12.6. The van der Waals surface area contributed by atoms with Crippen LogP contribution >= 0.6 is 0 Å². The standard InChI is InChI=1S/C18H28N2O2/c1-13-8-5-6-10-15(13)16(18(2,3)4)19-17(22)20-11-7-9-14(21)12-20/h5-6,8,10,14,16,21H,7,9,11-12H2,1-4H3,(H,19,22). The van der Waals surface area contributed by atoms with Crippen LogP contribution in [0.4, 0.5) is 4.79 Å². The smallest absolute Gasteiger partial charge is 0.317 e. The van der Waals surface area contributed by atoms with Crippen molar-refractivity contribution in [2.24, 2.45) is 5.41 Å². The lowest BCUT2D eigenvalue weighted by Gasteiger charge is -2.36. The second-order valence-electron chi connectivity index (χ2n) is 7.35. The summed E-state index contributed by atoms with van der Waals surface area (Å²) in [6, 6.07) is 8.04. The van der Waals surface area contributed by atoms with E-state index >= 15 is 0 Å². The maximum absolute atomic E-state index is 12.6. The number of piperidine rings is 1. The van der Waals surface area contributed by atoms with Crippen molar-refractivity contribution < 1.29 is 9.90 Å². The first-order valence-corrected chi connectivity index (χ1v) is 8.08. The highest BCUT2D eigenvalue weighted by Gasteiger charge is 2.31. The van der Waals surface area contributed by atoms with Gasteiger partial charge in [0.05, 0.1) is 12.1 Å². The SMILES string of the molecule is Cc1ccccc1C(NC(=O)N1CCCC(O)C1)C(C)(C)C. The van der Waals surface area contributed by atoms with Crippen molar-refractivity contribution in [2.45, 2.75) is 52.7 Å². The molecule has 1 aromatic rings. The molecule has 0 aromatic heterocycles. The molecule has 1 saturated heterocycles. The number of rotatable bonds is 2. The Hall–Kier alpha value is -1.55. The Morgan fingerprint density at radius 3 is 2.64 bits per heavy atom. The molecule has 2 rings (SSSR count). The number of aliphatic hydroxyl groups excluding tert-OH is 1. The van der Waals surface area contributed by atoms with E-state index in [2.05, 4.69) is 45.1 Å². The molecule has 122 valence electrons. The van der Waals surface area contributed by atoms with Crippen molar-refractivity contribution in [1.82, 2.24) is 10.2 Å². The second kappa shape index (κ2) is 6.69. The first kappa shape index (κ1) is 16.8. The molecular formula is C18H28N2O2. The Morgan fingerprint density at radius 1 is 1.36 bits per heavy atom. The average molecular weight is 304 g/mol. The molecule has 2 unspecified atom stereocenters. The Labute approximate surface area is 133 Å². The van der Waals surface area contributed by atoms with Gasteiger partial charge in [-0.05, 0) is 36.3 Å². The monoisotopic (exact) mass is 304 g/mol. The molecule has 2 amide bonds. The molecular weight excluding hydrogens is 276 g/mol. The lowest BCUT2D eigenvalue weighted by molar-refractivity contribution is 0.0813. The molecule has 1 aliphatic rings. The predicted octanol–water partition coefficient (Wildman–Crippen LogP) is 3.25. The zero-order valence-electron chi connectivity index (χ0n) is 14.1. The number of amides is 2. The number of urea groups is 1. The number of nitrogens with one attached hydrogen (secondary N) is 1. The van der Waals surface area contributed by atoms with Gasteiger partial charge in [0.15, 0.2) is 0 Å². The number of nitrogens with zero attached hydrogens (tertiary/aromatic N) is 1. The molecule has 0 bridgehead atoms. The molecule has 22 heavy (non-hydrogen) atoms. The van der Waals surface area contributed by atoms with E-state index in [0.717, 1.165) is 18.4 Å². The number of aliphatic hydroxyl groups is 1. The molecule has 0 aliphatic carbocycles. The summed E-state index contributed by atoms with van der Waals surface area (Å²) in [6.45, 7) is 9.62. The number of aryl methyl sites for hydroxylation is 1. The minimum Gasteiger partial charge on any atom is -0.391 e. The van der Waals surface area contributed by atoms with Crippen LogP contribution in [0.2, 0.25) is 0 Å². The predicted molar refractivity (Wildman–Crippen MR) is 88.7 cm³/mol. The van der Waals surface area contributed by atoms with Gasteiger partial charge >= 0.3 is 6.03 Å². The first-order chi connectivity index (χ1) is 10.3. The highest BCUT2D eigenvalue weighted by atomic mass is 16.3. The van der Waals surface area contributed by atoms with Crippen molar-refractivity contribution in [2.75, 3.05) is 13.1 Å². The van der Waals surface area contributed by atoms with E-state index in [9.17, 15) is 9.90 Å². The van der Waals surface area contributed by atoms with Crippen molar-refractivity contribution in [3.63, 3.8) is 0 Å². The van der Waals surface area contributed by atoms with Gasteiger partial charge in [0.1, 0.15) is 0 Å². The number of carbonyl (C=O) groups excluding carboxylic acids is 1. The summed E-state index contributed by atoms with van der Waals surface area (Å²) in [7, 11) is 0. The minimum atomic E-state index is -0.397. The van der Waals surface area contributed by atoms with E-state index in [0.29, 0.717) is 13.1 Å². The summed E-state index contributed by atoms with van der Waals surface area (Å²) >= 11 is 0. The Balaban J connectivity index is 2.17. The van der Waals surface area contributed by atoms with Crippen molar-refractivity contribution in [1.29, 1.82) is 0 Å². The van der Waals surface area contributed by atoms with E-state index in [-0.39, 0.29) is 17.5 Å². The van der Waals surface area contributed by atoms with Crippen LogP contribution < -0.4 is 5.32 Å². The van der Waals surface area contributed by atoms with Gasteiger partial charge in [0.25, 0.3) is 0 Å². The Kier molecular flexibility index (Phi) is 5.12. The number of hydrogen-bond donors (Lipinski definition) is 2. The van der Waals surface area contributed by atoms with Crippen molar-refractivity contribution in [3.8, 4) is 0 Å². The van der Waals surface area contributed by atoms with Gasteiger partial charge in [0, 0.05) is 13.1 Å². The molecule has 1 heterocycles. The summed E-state index contributed by atoms with van der Waals surface area (Å²) in [5.41, 5.74) is 2.25. The number of carbonyl (C=O) groups is 1. The van der Waals surface area contributed by atoms with Crippen LogP contribution in [0.3, 0.4) is 0 Å². The van der Waals surface area contributed by atoms with Gasteiger partial charge in [-0.1, -0.05) is 45.0 Å². The van der Waals surface area contributed by atoms with Crippen LogP contribution in [0.25, 0.3) is 0 Å². The van der Waals surface area contributed by atoms with Crippen molar-refractivity contribution >= 4 is 6.03 Å². The fraction of sp³-hybridized carbons (Fsp3) is 0.611. The summed E-state index contributed by atoms with van der Waals surface area (Å²) in [5, 5.41) is 12.9. The third-order valence-electron chi connectivity index (χ3n) is 4.32. The molecule has 1 fully saturated rings. The molecule has 2 N–H and O–H groups in total. The highest BCUT2D eigenvalue weighted by molar-refractivity contribution is 5.75. The molecule has 4 nitrogen and oxygen atoms in total. The third-order valence-corrected chi connectivity index (χ3v) is 4.32. The lowest BCUT2D eigenvalue weighted by atomic mass is 9.81. The van der Waals surface area contributed by atoms with Gasteiger partial charge in [-0.25, -0.2) is 4.79 Å². The zero-order valence-corrected chi connectivity index (χ0v) is 14.1. The van der Waals surface area contributed by atoms with E-state index < -0.39 is 6.10 Å². The summed E-state index contributed by atoms with van der Waals surface area (Å²) in [5.74, 6) is 0. The number of hydrogen-bond acceptors (Lipinski definition) is 2. The summed E-state index contributed by atoms with van der Waals surface area (Å²) < 4.78 is 0. The molecule has 0 radical (unpaired) electrons. The largest absolute Gasteiger partial charge is 0.391 e. The number of β-amino-alcohol motifs (C(OH)–C–C–N with tert-alkyl or cyclic N) is 1. The summed E-state index contributed by atoms with van der Waals surface area (Å²) in [6.07, 6.45) is 1.25. The van der Waals surface area contributed by atoms with E-state index in [4.69, 9.17) is 0 Å². The van der Waals surface area contributed by atoms with Crippen LogP contribution in [0.1, 0.15) is 50.8 Å². The molecule has 4 heteroatoms. The fourth-order valence-corrected chi connectivity index (χ4v) is 3.03. The quantitative estimate of drug-likeness (QED) is 0.881. The fourth-order valence-electron chi connectivity index (χ4n) is 3.03. The van der Waals surface area contributed by atoms with Gasteiger partial charge < -0.3 is 15.3 Å². The van der Waals surface area contributed by atoms with Gasteiger partial charge in [-0.2, -0.15) is 0 Å². The number of benzene rings is 1. The summed E-state index contributed by atoms with van der Waals surface area (Å²) in [4.78, 5) is 14.3.